The largest absolute Gasteiger partial charge is 0.375 e. The Morgan fingerprint density at radius 1 is 1.00 bits per heavy atom. The van der Waals surface area contributed by atoms with Crippen molar-refractivity contribution >= 4 is 65.1 Å². The highest BCUT2D eigenvalue weighted by Gasteiger charge is 2.08. The molecule has 2 N–H and O–H groups in total. The third-order valence-electron chi connectivity index (χ3n) is 3.47. The fraction of sp³-hybridized carbons (Fsp3) is 0.467. The van der Waals surface area contributed by atoms with Crippen molar-refractivity contribution in [3.8, 4) is 0 Å². The Labute approximate surface area is 155 Å². The van der Waals surface area contributed by atoms with Gasteiger partial charge in [-0.25, -0.2) is 5.43 Å². The Balaban J connectivity index is 1.85. The molecule has 1 aliphatic rings. The maximum atomic E-state index is 11.9. The Kier molecular flexibility index (Phi) is 7.37. The molecule has 0 heterocycles. The molecule has 2 rings (SSSR count). The number of benzene rings is 1. The summed E-state index contributed by atoms with van der Waals surface area (Å²) < 4.78 is 2.77. The summed E-state index contributed by atoms with van der Waals surface area (Å²) in [6.07, 6.45) is 6.87. The summed E-state index contributed by atoms with van der Waals surface area (Å²) in [6, 6.07) is 3.84. The van der Waals surface area contributed by atoms with Gasteiger partial charge in [0.25, 0.3) is 5.91 Å². The average Bonchev–Trinajstić information content (AvgIpc) is 2.76. The standard InChI is InChI=1S/C15H18Br3N3O/c16-11-7-13(18)14(8-12(11)17)19-9-15(22)21-20-10-5-3-1-2-4-6-10/h7-8,19H,1-6,9H2,(H,21,22). The van der Waals surface area contributed by atoms with Crippen LogP contribution in [-0.2, 0) is 4.79 Å². The van der Waals surface area contributed by atoms with E-state index in [-0.39, 0.29) is 12.5 Å². The van der Waals surface area contributed by atoms with E-state index < -0.39 is 0 Å². The van der Waals surface area contributed by atoms with Crippen molar-refractivity contribution in [2.75, 3.05) is 11.9 Å². The van der Waals surface area contributed by atoms with Gasteiger partial charge in [0, 0.05) is 19.1 Å². The van der Waals surface area contributed by atoms with Crippen molar-refractivity contribution in [1.29, 1.82) is 0 Å². The fourth-order valence-electron chi connectivity index (χ4n) is 2.26. The van der Waals surface area contributed by atoms with Crippen LogP contribution in [0.15, 0.2) is 30.7 Å². The summed E-state index contributed by atoms with van der Waals surface area (Å²) in [5, 5.41) is 7.36. The summed E-state index contributed by atoms with van der Waals surface area (Å²) in [5.74, 6) is -0.136. The third kappa shape index (κ3) is 5.66. The zero-order valence-corrected chi connectivity index (χ0v) is 16.9. The van der Waals surface area contributed by atoms with E-state index in [2.05, 4.69) is 63.6 Å². The Morgan fingerprint density at radius 3 is 2.32 bits per heavy atom. The summed E-state index contributed by atoms with van der Waals surface area (Å²) in [7, 11) is 0. The molecule has 4 nitrogen and oxygen atoms in total. The number of hydrazone groups is 1. The molecule has 0 radical (unpaired) electrons. The van der Waals surface area contributed by atoms with Gasteiger partial charge in [-0.3, -0.25) is 4.79 Å². The molecule has 1 aromatic carbocycles. The average molecular weight is 496 g/mol. The van der Waals surface area contributed by atoms with E-state index in [0.29, 0.717) is 0 Å². The monoisotopic (exact) mass is 493 g/mol. The van der Waals surface area contributed by atoms with Gasteiger partial charge in [0.1, 0.15) is 0 Å². The number of carbonyl (C=O) groups is 1. The SMILES string of the molecule is O=C(CNc1cc(Br)c(Br)cc1Br)NN=C1CCCCCC1. The maximum absolute atomic E-state index is 11.9. The molecule has 22 heavy (non-hydrogen) atoms. The lowest BCUT2D eigenvalue weighted by Gasteiger charge is -2.10. The molecule has 1 saturated carbocycles. The molecule has 0 spiro atoms. The van der Waals surface area contributed by atoms with Gasteiger partial charge in [-0.1, -0.05) is 12.8 Å². The van der Waals surface area contributed by atoms with Crippen molar-refractivity contribution in [3.05, 3.63) is 25.6 Å². The van der Waals surface area contributed by atoms with Crippen LogP contribution < -0.4 is 10.7 Å². The minimum absolute atomic E-state index is 0.136. The number of carbonyl (C=O) groups excluding carboxylic acids is 1. The first-order chi connectivity index (χ1) is 10.6. The van der Waals surface area contributed by atoms with Gasteiger partial charge in [0.2, 0.25) is 0 Å². The molecule has 0 bridgehead atoms. The van der Waals surface area contributed by atoms with E-state index in [0.717, 1.165) is 37.7 Å². The first-order valence-electron chi connectivity index (χ1n) is 7.29. The van der Waals surface area contributed by atoms with E-state index in [1.807, 2.05) is 12.1 Å². The predicted molar refractivity (Wildman–Crippen MR) is 101 cm³/mol. The van der Waals surface area contributed by atoms with Crippen molar-refractivity contribution in [1.82, 2.24) is 5.43 Å². The smallest absolute Gasteiger partial charge is 0.259 e. The van der Waals surface area contributed by atoms with E-state index in [1.165, 1.54) is 25.7 Å². The first kappa shape index (κ1) is 17.9. The van der Waals surface area contributed by atoms with Crippen LogP contribution in [0.3, 0.4) is 0 Å². The number of halogens is 3. The van der Waals surface area contributed by atoms with E-state index in [1.54, 1.807) is 0 Å². The topological polar surface area (TPSA) is 53.5 Å². The van der Waals surface area contributed by atoms with E-state index >= 15 is 0 Å². The van der Waals surface area contributed by atoms with Gasteiger partial charge in [-0.05, 0) is 85.6 Å². The van der Waals surface area contributed by atoms with Crippen LogP contribution >= 0.6 is 47.8 Å². The van der Waals surface area contributed by atoms with Crippen molar-refractivity contribution in [2.24, 2.45) is 5.10 Å². The van der Waals surface area contributed by atoms with Gasteiger partial charge >= 0.3 is 0 Å². The van der Waals surface area contributed by atoms with Crippen molar-refractivity contribution < 1.29 is 4.79 Å². The molecule has 0 atom stereocenters. The number of amides is 1. The normalized spacial score (nSPS) is 15.1. The van der Waals surface area contributed by atoms with E-state index in [4.69, 9.17) is 0 Å². The zero-order valence-electron chi connectivity index (χ0n) is 12.1. The number of hydrogen-bond acceptors (Lipinski definition) is 3. The molecule has 7 heteroatoms. The first-order valence-corrected chi connectivity index (χ1v) is 9.67. The minimum Gasteiger partial charge on any atom is -0.375 e. The molecule has 0 aromatic heterocycles. The molecule has 0 saturated heterocycles. The highest BCUT2D eigenvalue weighted by Crippen LogP contribution is 2.32. The molecule has 1 fully saturated rings. The van der Waals surface area contributed by atoms with Crippen molar-refractivity contribution in [2.45, 2.75) is 38.5 Å². The predicted octanol–water partition coefficient (Wildman–Crippen LogP) is 5.21. The second kappa shape index (κ2) is 9.03. The van der Waals surface area contributed by atoms with Gasteiger partial charge in [-0.15, -0.1) is 0 Å². The van der Waals surface area contributed by atoms with Gasteiger partial charge in [-0.2, -0.15) is 5.10 Å². The molecule has 0 unspecified atom stereocenters. The highest BCUT2D eigenvalue weighted by atomic mass is 79.9. The zero-order chi connectivity index (χ0) is 15.9. The number of hydrogen-bond donors (Lipinski definition) is 2. The molecule has 0 aliphatic heterocycles. The van der Waals surface area contributed by atoms with Gasteiger partial charge in [0.15, 0.2) is 0 Å². The Bertz CT molecular complexity index is 565. The van der Waals surface area contributed by atoms with Gasteiger partial charge < -0.3 is 5.32 Å². The number of rotatable bonds is 4. The highest BCUT2D eigenvalue weighted by molar-refractivity contribution is 9.13. The molecule has 1 aliphatic carbocycles. The summed E-state index contributed by atoms with van der Waals surface area (Å²) in [6.45, 7) is 0.184. The second-order valence-electron chi connectivity index (χ2n) is 5.23. The number of anilines is 1. The molecule has 120 valence electrons. The van der Waals surface area contributed by atoms with Crippen LogP contribution in [0.1, 0.15) is 38.5 Å². The summed E-state index contributed by atoms with van der Waals surface area (Å²) >= 11 is 10.4. The number of nitrogens with one attached hydrogen (secondary N) is 2. The second-order valence-corrected chi connectivity index (χ2v) is 7.79. The minimum atomic E-state index is -0.136. The van der Waals surface area contributed by atoms with Crippen LogP contribution in [-0.4, -0.2) is 18.2 Å². The Morgan fingerprint density at radius 2 is 1.64 bits per heavy atom. The summed E-state index contributed by atoms with van der Waals surface area (Å²) in [4.78, 5) is 11.9. The van der Waals surface area contributed by atoms with Gasteiger partial charge in [0.05, 0.1) is 12.2 Å². The molecule has 1 amide bonds. The lowest BCUT2D eigenvalue weighted by Crippen LogP contribution is -2.27. The van der Waals surface area contributed by atoms with E-state index in [9.17, 15) is 4.79 Å². The van der Waals surface area contributed by atoms with Crippen molar-refractivity contribution in [3.63, 3.8) is 0 Å². The van der Waals surface area contributed by atoms with Crippen LogP contribution in [0.5, 0.6) is 0 Å². The van der Waals surface area contributed by atoms with Crippen LogP contribution in [0.25, 0.3) is 0 Å². The van der Waals surface area contributed by atoms with Crippen LogP contribution in [0, 0.1) is 0 Å². The van der Waals surface area contributed by atoms with Crippen LogP contribution in [0.2, 0.25) is 0 Å². The quantitative estimate of drug-likeness (QED) is 0.342. The fourth-order valence-corrected chi connectivity index (χ4v) is 3.74. The molecule has 1 aromatic rings. The maximum Gasteiger partial charge on any atom is 0.259 e. The lowest BCUT2D eigenvalue weighted by molar-refractivity contribution is -0.119. The Hall–Kier alpha value is -0.400. The number of nitrogens with zero attached hydrogens (tertiary/aromatic N) is 1. The molecular weight excluding hydrogens is 478 g/mol. The molecular formula is C15H18Br3N3O. The lowest BCUT2D eigenvalue weighted by atomic mass is 10.2. The van der Waals surface area contributed by atoms with Crippen LogP contribution in [0.4, 0.5) is 5.69 Å². The summed E-state index contributed by atoms with van der Waals surface area (Å²) in [5.41, 5.74) is 4.61. The third-order valence-corrected chi connectivity index (χ3v) is 5.97.